The molecule has 0 saturated heterocycles. The summed E-state index contributed by atoms with van der Waals surface area (Å²) in [5.74, 6) is 0.627. The number of amides is 2. The topological polar surface area (TPSA) is 41.6 Å². The van der Waals surface area contributed by atoms with E-state index in [4.69, 9.17) is 16.3 Å². The van der Waals surface area contributed by atoms with Crippen molar-refractivity contribution in [3.05, 3.63) is 59.1 Å². The van der Waals surface area contributed by atoms with Crippen LogP contribution in [0.15, 0.2) is 48.5 Å². The van der Waals surface area contributed by atoms with Crippen molar-refractivity contribution in [1.82, 2.24) is 4.90 Å². The molecule has 128 valence electrons. The normalized spacial score (nSPS) is 11.7. The van der Waals surface area contributed by atoms with Gasteiger partial charge in [-0.1, -0.05) is 48.9 Å². The maximum absolute atomic E-state index is 11.7. The number of hydrogen-bond donors (Lipinski definition) is 1. The summed E-state index contributed by atoms with van der Waals surface area (Å²) in [6.07, 6.45) is 1.75. The predicted molar refractivity (Wildman–Crippen MR) is 99.0 cm³/mol. The van der Waals surface area contributed by atoms with Crippen molar-refractivity contribution in [3.63, 3.8) is 0 Å². The van der Waals surface area contributed by atoms with E-state index in [0.717, 1.165) is 12.8 Å². The number of nitrogens with one attached hydrogen (secondary N) is 1. The number of carbonyl (C=O) groups is 1. The molecule has 0 aliphatic heterocycles. The fraction of sp³-hybridized carbons (Fsp3) is 0.316. The summed E-state index contributed by atoms with van der Waals surface area (Å²) >= 11 is 6.31. The van der Waals surface area contributed by atoms with Gasteiger partial charge in [0.1, 0.15) is 11.9 Å². The number of anilines is 1. The molecule has 2 aromatic rings. The summed E-state index contributed by atoms with van der Waals surface area (Å²) in [7, 11) is 3.37. The number of hydrogen-bond acceptors (Lipinski definition) is 2. The van der Waals surface area contributed by atoms with E-state index in [1.807, 2.05) is 18.2 Å². The highest BCUT2D eigenvalue weighted by atomic mass is 35.5. The molecule has 4 nitrogen and oxygen atoms in total. The zero-order chi connectivity index (χ0) is 17.5. The van der Waals surface area contributed by atoms with Gasteiger partial charge in [0, 0.05) is 26.2 Å². The Bertz CT molecular complexity index is 674. The minimum atomic E-state index is -0.199. The van der Waals surface area contributed by atoms with Gasteiger partial charge in [-0.3, -0.25) is 0 Å². The highest BCUT2D eigenvalue weighted by Crippen LogP contribution is 2.29. The number of halogens is 1. The highest BCUT2D eigenvalue weighted by Gasteiger charge is 2.13. The molecule has 1 unspecified atom stereocenters. The second kappa shape index (κ2) is 8.60. The van der Waals surface area contributed by atoms with E-state index >= 15 is 0 Å². The van der Waals surface area contributed by atoms with E-state index in [0.29, 0.717) is 16.5 Å². The van der Waals surface area contributed by atoms with Crippen molar-refractivity contribution in [2.24, 2.45) is 0 Å². The lowest BCUT2D eigenvalue weighted by atomic mass is 10.1. The minimum Gasteiger partial charge on any atom is -0.489 e. The van der Waals surface area contributed by atoms with Gasteiger partial charge in [-0.2, -0.15) is 0 Å². The first-order valence-electron chi connectivity index (χ1n) is 7.98. The molecule has 0 radical (unpaired) electrons. The van der Waals surface area contributed by atoms with E-state index in [1.54, 1.807) is 32.3 Å². The van der Waals surface area contributed by atoms with E-state index in [-0.39, 0.29) is 12.1 Å². The first kappa shape index (κ1) is 18.1. The molecular formula is C19H23ClN2O2. The predicted octanol–water partition coefficient (Wildman–Crippen LogP) is 4.83. The number of rotatable bonds is 6. The maximum Gasteiger partial charge on any atom is 0.321 e. The van der Waals surface area contributed by atoms with Crippen LogP contribution in [0, 0.1) is 0 Å². The largest absolute Gasteiger partial charge is 0.489 e. The first-order chi connectivity index (χ1) is 11.5. The fourth-order valence-corrected chi connectivity index (χ4v) is 2.46. The first-order valence-corrected chi connectivity index (χ1v) is 8.35. The van der Waals surface area contributed by atoms with Gasteiger partial charge in [-0.15, -0.1) is 0 Å². The monoisotopic (exact) mass is 346 g/mol. The molecule has 24 heavy (non-hydrogen) atoms. The van der Waals surface area contributed by atoms with Crippen LogP contribution in [0.5, 0.6) is 5.75 Å². The van der Waals surface area contributed by atoms with Crippen LogP contribution in [0.2, 0.25) is 5.02 Å². The molecule has 5 heteroatoms. The van der Waals surface area contributed by atoms with Gasteiger partial charge >= 0.3 is 6.03 Å². The second-order valence-electron chi connectivity index (χ2n) is 5.81. The number of urea groups is 1. The van der Waals surface area contributed by atoms with Gasteiger partial charge in [0.05, 0.1) is 5.02 Å². The fourth-order valence-electron chi connectivity index (χ4n) is 2.24. The minimum absolute atomic E-state index is 0.0483. The summed E-state index contributed by atoms with van der Waals surface area (Å²) in [6, 6.07) is 15.3. The quantitative estimate of drug-likeness (QED) is 0.813. The Morgan fingerprint density at radius 2 is 1.92 bits per heavy atom. The molecule has 0 fully saturated rings. The Morgan fingerprint density at radius 3 is 2.50 bits per heavy atom. The van der Waals surface area contributed by atoms with Crippen molar-refractivity contribution >= 4 is 23.3 Å². The van der Waals surface area contributed by atoms with Crippen molar-refractivity contribution < 1.29 is 9.53 Å². The third-order valence-electron chi connectivity index (χ3n) is 3.64. The van der Waals surface area contributed by atoms with E-state index in [9.17, 15) is 4.79 Å². The smallest absolute Gasteiger partial charge is 0.321 e. The molecule has 2 rings (SSSR count). The Morgan fingerprint density at radius 1 is 1.21 bits per heavy atom. The van der Waals surface area contributed by atoms with Crippen LogP contribution in [0.25, 0.3) is 0 Å². The van der Waals surface area contributed by atoms with Crippen LogP contribution in [0.1, 0.15) is 18.9 Å². The molecule has 1 N–H and O–H groups in total. The Kier molecular flexibility index (Phi) is 6.50. The number of ether oxygens (including phenoxy) is 1. The summed E-state index contributed by atoms with van der Waals surface area (Å²) in [5, 5.41) is 3.25. The molecule has 0 aliphatic carbocycles. The van der Waals surface area contributed by atoms with Crippen molar-refractivity contribution in [2.45, 2.75) is 25.9 Å². The molecular weight excluding hydrogens is 324 g/mol. The second-order valence-corrected chi connectivity index (χ2v) is 6.21. The number of benzene rings is 2. The molecule has 2 aromatic carbocycles. The molecule has 0 aromatic heterocycles. The Hall–Kier alpha value is -2.20. The van der Waals surface area contributed by atoms with Gasteiger partial charge < -0.3 is 15.0 Å². The lowest BCUT2D eigenvalue weighted by Crippen LogP contribution is -2.27. The highest BCUT2D eigenvalue weighted by molar-refractivity contribution is 6.32. The van der Waals surface area contributed by atoms with E-state index in [1.165, 1.54) is 10.5 Å². The van der Waals surface area contributed by atoms with Crippen molar-refractivity contribution in [1.29, 1.82) is 0 Å². The standard InChI is InChI=1S/C19H23ClN2O2/c1-4-16(12-14-8-6-5-7-9-14)24-18-11-10-15(13-17(18)20)21-19(23)22(2)3/h5-11,13,16H,4,12H2,1-3H3,(H,21,23). The maximum atomic E-state index is 11.7. The number of carbonyl (C=O) groups excluding carboxylic acids is 1. The summed E-state index contributed by atoms with van der Waals surface area (Å²) in [4.78, 5) is 13.1. The van der Waals surface area contributed by atoms with Gasteiger partial charge in [0.2, 0.25) is 0 Å². The number of nitrogens with zero attached hydrogens (tertiary/aromatic N) is 1. The summed E-state index contributed by atoms with van der Waals surface area (Å²) in [6.45, 7) is 2.09. The van der Waals surface area contributed by atoms with Crippen molar-refractivity contribution in [2.75, 3.05) is 19.4 Å². The van der Waals surface area contributed by atoms with Crippen molar-refractivity contribution in [3.8, 4) is 5.75 Å². The average molecular weight is 347 g/mol. The van der Waals surface area contributed by atoms with Gasteiger partial charge in [0.25, 0.3) is 0 Å². The molecule has 0 bridgehead atoms. The lowest BCUT2D eigenvalue weighted by Gasteiger charge is -2.19. The zero-order valence-electron chi connectivity index (χ0n) is 14.3. The van der Waals surface area contributed by atoms with Gasteiger partial charge in [0.15, 0.2) is 0 Å². The van der Waals surface area contributed by atoms with Crippen LogP contribution in [0.4, 0.5) is 10.5 Å². The molecule has 0 aliphatic rings. The van der Waals surface area contributed by atoms with E-state index < -0.39 is 0 Å². The average Bonchev–Trinajstić information content (AvgIpc) is 2.57. The SMILES string of the molecule is CCC(Cc1ccccc1)Oc1ccc(NC(=O)N(C)C)cc1Cl. The van der Waals surface area contributed by atoms with Gasteiger partial charge in [-0.25, -0.2) is 4.79 Å². The van der Waals surface area contributed by atoms with Gasteiger partial charge in [-0.05, 0) is 30.2 Å². The molecule has 2 amide bonds. The van der Waals surface area contributed by atoms with E-state index in [2.05, 4.69) is 24.4 Å². The Balaban J connectivity index is 2.04. The van der Waals surface area contributed by atoms with Crippen LogP contribution < -0.4 is 10.1 Å². The molecule has 0 heterocycles. The van der Waals surface area contributed by atoms with Crippen LogP contribution in [-0.4, -0.2) is 31.1 Å². The summed E-state index contributed by atoms with van der Waals surface area (Å²) < 4.78 is 6.05. The lowest BCUT2D eigenvalue weighted by molar-refractivity contribution is 0.197. The van der Waals surface area contributed by atoms with Crippen LogP contribution >= 0.6 is 11.6 Å². The molecule has 0 spiro atoms. The molecule has 1 atom stereocenters. The van der Waals surface area contributed by atoms with Crippen LogP contribution in [-0.2, 0) is 6.42 Å². The third-order valence-corrected chi connectivity index (χ3v) is 3.94. The zero-order valence-corrected chi connectivity index (χ0v) is 15.0. The van der Waals surface area contributed by atoms with Crippen LogP contribution in [0.3, 0.4) is 0 Å². The molecule has 0 saturated carbocycles. The Labute approximate surface area is 148 Å². The summed E-state index contributed by atoms with van der Waals surface area (Å²) in [5.41, 5.74) is 1.87. The third kappa shape index (κ3) is 5.17.